The van der Waals surface area contributed by atoms with Gasteiger partial charge in [0.15, 0.2) is 5.75 Å². The lowest BCUT2D eigenvalue weighted by Crippen LogP contribution is -2.37. The molecule has 1 saturated heterocycles. The number of nitrogens with one attached hydrogen (secondary N) is 1. The van der Waals surface area contributed by atoms with Gasteiger partial charge in [-0.25, -0.2) is 0 Å². The maximum absolute atomic E-state index is 12.9. The number of likely N-dealkylation sites (tertiary alicyclic amines) is 1. The Labute approximate surface area is 178 Å². The molecule has 0 aromatic heterocycles. The summed E-state index contributed by atoms with van der Waals surface area (Å²) < 4.78 is 5.97. The van der Waals surface area contributed by atoms with Crippen LogP contribution >= 0.6 is 0 Å². The zero-order valence-corrected chi connectivity index (χ0v) is 17.4. The van der Waals surface area contributed by atoms with Crippen LogP contribution in [0.15, 0.2) is 78.9 Å². The summed E-state index contributed by atoms with van der Waals surface area (Å²) in [5.74, 6) is 1.52. The number of anilines is 1. The molecule has 4 rings (SSSR count). The number of carbonyl (C=O) groups is 1. The molecular formula is C26H28N2O2. The van der Waals surface area contributed by atoms with Crippen LogP contribution in [0, 0.1) is 12.8 Å². The van der Waals surface area contributed by atoms with Crippen molar-refractivity contribution in [2.24, 2.45) is 5.92 Å². The van der Waals surface area contributed by atoms with Gasteiger partial charge in [0, 0.05) is 12.5 Å². The van der Waals surface area contributed by atoms with E-state index in [1.165, 1.54) is 11.1 Å². The van der Waals surface area contributed by atoms with E-state index in [4.69, 9.17) is 4.74 Å². The molecule has 30 heavy (non-hydrogen) atoms. The third-order valence-corrected chi connectivity index (χ3v) is 5.60. The number of carbonyl (C=O) groups excluding carboxylic acids is 1. The fourth-order valence-corrected chi connectivity index (χ4v) is 3.81. The lowest BCUT2D eigenvalue weighted by Gasteiger charge is -2.31. The number of piperidine rings is 1. The molecule has 1 aliphatic heterocycles. The fraction of sp³-hybridized carbons (Fsp3) is 0.269. The average molecular weight is 401 g/mol. The monoisotopic (exact) mass is 400 g/mol. The number of rotatable bonds is 6. The molecule has 1 heterocycles. The van der Waals surface area contributed by atoms with Crippen LogP contribution in [0.1, 0.15) is 24.0 Å². The Bertz CT molecular complexity index is 962. The van der Waals surface area contributed by atoms with Gasteiger partial charge < -0.3 is 10.1 Å². The number of amides is 1. The molecule has 3 aromatic carbocycles. The van der Waals surface area contributed by atoms with E-state index in [-0.39, 0.29) is 11.8 Å². The summed E-state index contributed by atoms with van der Waals surface area (Å²) in [6.45, 7) is 4.93. The maximum Gasteiger partial charge on any atom is 0.227 e. The van der Waals surface area contributed by atoms with Crippen molar-refractivity contribution in [1.29, 1.82) is 0 Å². The van der Waals surface area contributed by atoms with Crippen molar-refractivity contribution in [2.75, 3.05) is 18.4 Å². The summed E-state index contributed by atoms with van der Waals surface area (Å²) in [6.07, 6.45) is 1.75. The Hall–Kier alpha value is -3.11. The molecule has 0 aliphatic carbocycles. The number of hydrogen-bond donors (Lipinski definition) is 1. The van der Waals surface area contributed by atoms with Crippen molar-refractivity contribution in [3.63, 3.8) is 0 Å². The Balaban J connectivity index is 1.32. The molecule has 1 amide bonds. The first-order valence-electron chi connectivity index (χ1n) is 10.6. The molecule has 0 atom stereocenters. The molecule has 1 fully saturated rings. The summed E-state index contributed by atoms with van der Waals surface area (Å²) in [5, 5.41) is 3.09. The SMILES string of the molecule is Cc1ccc(CN2CCC(C(=O)Nc3ccccc3Oc3ccccc3)CC2)cc1. The number of nitrogens with zero attached hydrogens (tertiary/aromatic N) is 1. The summed E-state index contributed by atoms with van der Waals surface area (Å²) in [7, 11) is 0. The molecule has 154 valence electrons. The first kappa shape index (κ1) is 20.2. The highest BCUT2D eigenvalue weighted by Gasteiger charge is 2.25. The van der Waals surface area contributed by atoms with Crippen molar-refractivity contribution < 1.29 is 9.53 Å². The number of hydrogen-bond acceptors (Lipinski definition) is 3. The van der Waals surface area contributed by atoms with Gasteiger partial charge in [-0.1, -0.05) is 60.2 Å². The molecule has 0 saturated carbocycles. The molecular weight excluding hydrogens is 372 g/mol. The van der Waals surface area contributed by atoms with Crippen molar-refractivity contribution >= 4 is 11.6 Å². The summed E-state index contributed by atoms with van der Waals surface area (Å²) in [4.78, 5) is 15.3. The smallest absolute Gasteiger partial charge is 0.227 e. The molecule has 1 aliphatic rings. The van der Waals surface area contributed by atoms with Gasteiger partial charge in [-0.2, -0.15) is 0 Å². The number of ether oxygens (including phenoxy) is 1. The zero-order valence-electron chi connectivity index (χ0n) is 17.4. The molecule has 0 bridgehead atoms. The van der Waals surface area contributed by atoms with Crippen LogP contribution in [-0.4, -0.2) is 23.9 Å². The lowest BCUT2D eigenvalue weighted by molar-refractivity contribution is -0.121. The van der Waals surface area contributed by atoms with Crippen molar-refractivity contribution in [2.45, 2.75) is 26.3 Å². The van der Waals surface area contributed by atoms with Crippen LogP contribution < -0.4 is 10.1 Å². The molecule has 1 N–H and O–H groups in total. The van der Waals surface area contributed by atoms with Crippen LogP contribution in [0.5, 0.6) is 11.5 Å². The summed E-state index contributed by atoms with van der Waals surface area (Å²) in [6, 6.07) is 25.9. The highest BCUT2D eigenvalue weighted by molar-refractivity contribution is 5.94. The Morgan fingerprint density at radius 1 is 0.933 bits per heavy atom. The Morgan fingerprint density at radius 3 is 2.33 bits per heavy atom. The third-order valence-electron chi connectivity index (χ3n) is 5.60. The van der Waals surface area contributed by atoms with Gasteiger partial charge in [0.05, 0.1) is 5.69 Å². The van der Waals surface area contributed by atoms with Crippen molar-refractivity contribution in [3.8, 4) is 11.5 Å². The topological polar surface area (TPSA) is 41.6 Å². The quantitative estimate of drug-likeness (QED) is 0.582. The van der Waals surface area contributed by atoms with Gasteiger partial charge in [-0.3, -0.25) is 9.69 Å². The summed E-state index contributed by atoms with van der Waals surface area (Å²) in [5.41, 5.74) is 3.33. The normalized spacial score (nSPS) is 15.0. The van der Waals surface area contributed by atoms with Crippen molar-refractivity contribution in [1.82, 2.24) is 4.90 Å². The predicted molar refractivity (Wildman–Crippen MR) is 121 cm³/mol. The standard InChI is InChI=1S/C26H28N2O2/c1-20-11-13-21(14-12-20)19-28-17-15-22(16-18-28)26(29)27-24-9-5-6-10-25(24)30-23-7-3-2-4-8-23/h2-14,22H,15-19H2,1H3,(H,27,29). The zero-order chi connectivity index (χ0) is 20.8. The first-order valence-corrected chi connectivity index (χ1v) is 10.6. The highest BCUT2D eigenvalue weighted by Crippen LogP contribution is 2.30. The van der Waals surface area contributed by atoms with E-state index < -0.39 is 0 Å². The highest BCUT2D eigenvalue weighted by atomic mass is 16.5. The average Bonchev–Trinajstić information content (AvgIpc) is 2.78. The van der Waals surface area contributed by atoms with E-state index in [0.29, 0.717) is 11.4 Å². The van der Waals surface area contributed by atoms with Gasteiger partial charge in [-0.15, -0.1) is 0 Å². The van der Waals surface area contributed by atoms with Crippen LogP contribution in [0.4, 0.5) is 5.69 Å². The predicted octanol–water partition coefficient (Wildman–Crippen LogP) is 5.64. The fourth-order valence-electron chi connectivity index (χ4n) is 3.81. The molecule has 0 spiro atoms. The molecule has 0 unspecified atom stereocenters. The molecule has 4 nitrogen and oxygen atoms in total. The van der Waals surface area contributed by atoms with Crippen molar-refractivity contribution in [3.05, 3.63) is 90.0 Å². The van der Waals surface area contributed by atoms with E-state index in [2.05, 4.69) is 41.4 Å². The minimum Gasteiger partial charge on any atom is -0.455 e. The number of benzene rings is 3. The molecule has 3 aromatic rings. The summed E-state index contributed by atoms with van der Waals surface area (Å²) >= 11 is 0. The second-order valence-electron chi connectivity index (χ2n) is 7.94. The minimum absolute atomic E-state index is 0.0315. The largest absolute Gasteiger partial charge is 0.455 e. The molecule has 0 radical (unpaired) electrons. The van der Waals surface area contributed by atoms with Gasteiger partial charge in [0.2, 0.25) is 5.91 Å². The Morgan fingerprint density at radius 2 is 1.60 bits per heavy atom. The third kappa shape index (κ3) is 5.28. The Kier molecular flexibility index (Phi) is 6.45. The number of para-hydroxylation sites is 3. The van der Waals surface area contributed by atoms with E-state index in [1.54, 1.807) is 0 Å². The van der Waals surface area contributed by atoms with Gasteiger partial charge in [0.25, 0.3) is 0 Å². The van der Waals surface area contributed by atoms with E-state index in [9.17, 15) is 4.79 Å². The van der Waals surface area contributed by atoms with Gasteiger partial charge in [0.1, 0.15) is 5.75 Å². The minimum atomic E-state index is 0.0315. The van der Waals surface area contributed by atoms with E-state index in [1.807, 2.05) is 54.6 Å². The van der Waals surface area contributed by atoms with E-state index >= 15 is 0 Å². The second-order valence-corrected chi connectivity index (χ2v) is 7.94. The van der Waals surface area contributed by atoms with Crippen LogP contribution in [0.2, 0.25) is 0 Å². The first-order chi connectivity index (χ1) is 14.7. The van der Waals surface area contributed by atoms with E-state index in [0.717, 1.165) is 38.2 Å². The molecule has 4 heteroatoms. The van der Waals surface area contributed by atoms with Gasteiger partial charge in [-0.05, 0) is 62.7 Å². The van der Waals surface area contributed by atoms with Gasteiger partial charge >= 0.3 is 0 Å². The lowest BCUT2D eigenvalue weighted by atomic mass is 9.95. The maximum atomic E-state index is 12.9. The second kappa shape index (κ2) is 9.59. The van der Waals surface area contributed by atoms with Crippen LogP contribution in [0.25, 0.3) is 0 Å². The number of aryl methyl sites for hydroxylation is 1. The van der Waals surface area contributed by atoms with Crippen LogP contribution in [-0.2, 0) is 11.3 Å². The van der Waals surface area contributed by atoms with Crippen LogP contribution in [0.3, 0.4) is 0 Å².